The Balaban J connectivity index is 1.94. The maximum absolute atomic E-state index is 11.9. The highest BCUT2D eigenvalue weighted by Gasteiger charge is 2.21. The van der Waals surface area contributed by atoms with E-state index in [1.807, 2.05) is 55.5 Å². The number of carboxylic acid groups (broad SMARTS) is 1. The van der Waals surface area contributed by atoms with Gasteiger partial charge in [0, 0.05) is 5.56 Å². The summed E-state index contributed by atoms with van der Waals surface area (Å²) in [6.07, 6.45) is 0. The monoisotopic (exact) mass is 433 g/mol. The van der Waals surface area contributed by atoms with Crippen molar-refractivity contribution in [2.24, 2.45) is 0 Å². The zero-order chi connectivity index (χ0) is 22.0. The first-order valence-electron chi connectivity index (χ1n) is 9.58. The number of aromatic nitrogens is 2. The van der Waals surface area contributed by atoms with Gasteiger partial charge in [0.25, 0.3) is 0 Å². The van der Waals surface area contributed by atoms with Gasteiger partial charge in [-0.15, -0.1) is 0 Å². The van der Waals surface area contributed by atoms with E-state index in [1.54, 1.807) is 22.9 Å². The quantitative estimate of drug-likeness (QED) is 0.393. The summed E-state index contributed by atoms with van der Waals surface area (Å²) in [5.74, 6) is 0.00897. The first-order valence-corrected chi connectivity index (χ1v) is 9.95. The molecule has 0 aliphatic heterocycles. The molecule has 0 aliphatic rings. The average Bonchev–Trinajstić information content (AvgIpc) is 3.10. The molecule has 0 spiro atoms. The molecule has 0 unspecified atom stereocenters. The van der Waals surface area contributed by atoms with Gasteiger partial charge in [-0.25, -0.2) is 9.48 Å². The summed E-state index contributed by atoms with van der Waals surface area (Å²) in [5, 5.41) is 18.3. The van der Waals surface area contributed by atoms with E-state index in [4.69, 9.17) is 21.4 Å². The Hall–Kier alpha value is -3.77. The van der Waals surface area contributed by atoms with E-state index >= 15 is 0 Å². The minimum atomic E-state index is -1.07. The van der Waals surface area contributed by atoms with Gasteiger partial charge < -0.3 is 15.2 Å². The van der Waals surface area contributed by atoms with Gasteiger partial charge >= 0.3 is 5.97 Å². The second-order valence-electron chi connectivity index (χ2n) is 6.88. The summed E-state index contributed by atoms with van der Waals surface area (Å²) in [4.78, 5) is 11.9. The van der Waals surface area contributed by atoms with Crippen LogP contribution in [-0.2, 0) is 0 Å². The molecule has 0 bridgehead atoms. The first-order chi connectivity index (χ1) is 15.0. The lowest BCUT2D eigenvalue weighted by atomic mass is 10.1. The number of nitrogens with zero attached hydrogens (tertiary/aromatic N) is 2. The summed E-state index contributed by atoms with van der Waals surface area (Å²) in [6.45, 7) is 1.91. The topological polar surface area (TPSA) is 76.4 Å². The zero-order valence-electron chi connectivity index (χ0n) is 17.0. The number of nitrogens with one attached hydrogen (secondary N) is 1. The number of aromatic carboxylic acids is 1. The number of aryl methyl sites for hydroxylation is 1. The fraction of sp³-hybridized carbons (Fsp3) is 0.0833. The van der Waals surface area contributed by atoms with Crippen LogP contribution in [0.1, 0.15) is 16.1 Å². The largest absolute Gasteiger partial charge is 0.497 e. The number of hydrogen-bond donors (Lipinski definition) is 2. The summed E-state index contributed by atoms with van der Waals surface area (Å²) in [5.41, 5.74) is 3.77. The van der Waals surface area contributed by atoms with Crippen LogP contribution in [0.2, 0.25) is 5.02 Å². The minimum Gasteiger partial charge on any atom is -0.497 e. The van der Waals surface area contributed by atoms with Crippen LogP contribution in [0.5, 0.6) is 5.75 Å². The van der Waals surface area contributed by atoms with Crippen molar-refractivity contribution >= 4 is 29.1 Å². The lowest BCUT2D eigenvalue weighted by molar-refractivity contribution is 0.0697. The van der Waals surface area contributed by atoms with Gasteiger partial charge in [-0.1, -0.05) is 54.1 Å². The molecule has 7 heteroatoms. The van der Waals surface area contributed by atoms with Crippen LogP contribution in [0.4, 0.5) is 11.5 Å². The Morgan fingerprint density at radius 3 is 2.45 bits per heavy atom. The molecule has 2 N–H and O–H groups in total. The number of anilines is 2. The second kappa shape index (κ2) is 8.53. The summed E-state index contributed by atoms with van der Waals surface area (Å²) in [7, 11) is 1.50. The van der Waals surface area contributed by atoms with E-state index in [0.29, 0.717) is 28.0 Å². The number of methoxy groups -OCH3 is 1. The molecule has 156 valence electrons. The van der Waals surface area contributed by atoms with Crippen LogP contribution in [0.15, 0.2) is 72.8 Å². The van der Waals surface area contributed by atoms with E-state index in [2.05, 4.69) is 5.32 Å². The summed E-state index contributed by atoms with van der Waals surface area (Å²) < 4.78 is 6.89. The smallest absolute Gasteiger partial charge is 0.337 e. The first kappa shape index (κ1) is 20.5. The van der Waals surface area contributed by atoms with Crippen molar-refractivity contribution in [3.8, 4) is 22.6 Å². The van der Waals surface area contributed by atoms with Crippen LogP contribution in [0, 0.1) is 6.92 Å². The third-order valence-electron chi connectivity index (χ3n) is 4.91. The second-order valence-corrected chi connectivity index (χ2v) is 7.29. The van der Waals surface area contributed by atoms with Crippen LogP contribution in [-0.4, -0.2) is 28.0 Å². The van der Waals surface area contributed by atoms with Crippen molar-refractivity contribution in [1.29, 1.82) is 0 Å². The molecule has 0 amide bonds. The number of halogens is 1. The molecular formula is C24H20ClN3O3. The predicted molar refractivity (Wildman–Crippen MR) is 122 cm³/mol. The van der Waals surface area contributed by atoms with E-state index in [0.717, 1.165) is 16.8 Å². The molecule has 6 nitrogen and oxygen atoms in total. The Morgan fingerprint density at radius 2 is 1.77 bits per heavy atom. The third kappa shape index (κ3) is 3.98. The van der Waals surface area contributed by atoms with Gasteiger partial charge in [0.15, 0.2) is 0 Å². The number of hydrogen-bond acceptors (Lipinski definition) is 4. The molecule has 0 saturated heterocycles. The SMILES string of the molecule is COc1ccc(Nc2c(-c3ccccc3)c(C)nn2-c2ccccc2Cl)c(C(=O)O)c1. The van der Waals surface area contributed by atoms with Gasteiger partial charge in [0.05, 0.1) is 34.8 Å². The molecule has 0 aliphatic carbocycles. The Labute approximate surface area is 184 Å². The van der Waals surface area contributed by atoms with Crippen LogP contribution < -0.4 is 10.1 Å². The van der Waals surface area contributed by atoms with Gasteiger partial charge in [-0.05, 0) is 42.8 Å². The lowest BCUT2D eigenvalue weighted by Crippen LogP contribution is -2.08. The van der Waals surface area contributed by atoms with Crippen molar-refractivity contribution < 1.29 is 14.6 Å². The normalized spacial score (nSPS) is 10.7. The number of carboxylic acids is 1. The fourth-order valence-electron chi connectivity index (χ4n) is 3.45. The molecule has 0 fully saturated rings. The predicted octanol–water partition coefficient (Wildman–Crippen LogP) is 5.95. The molecule has 1 aromatic heterocycles. The van der Waals surface area contributed by atoms with Crippen molar-refractivity contribution in [2.45, 2.75) is 6.92 Å². The highest BCUT2D eigenvalue weighted by Crippen LogP contribution is 2.37. The molecule has 4 rings (SSSR count). The molecule has 0 atom stereocenters. The standard InChI is InChI=1S/C24H20ClN3O3/c1-15-22(16-8-4-3-5-9-16)23(28(27-15)21-11-7-6-10-19(21)25)26-20-13-12-17(31-2)14-18(20)24(29)30/h3-14,26H,1-2H3,(H,29,30). The van der Waals surface area contributed by atoms with Gasteiger partial charge in [-0.2, -0.15) is 5.10 Å². The molecule has 31 heavy (non-hydrogen) atoms. The molecule has 3 aromatic carbocycles. The number of rotatable bonds is 6. The number of para-hydroxylation sites is 1. The highest BCUT2D eigenvalue weighted by atomic mass is 35.5. The van der Waals surface area contributed by atoms with Crippen LogP contribution in [0.3, 0.4) is 0 Å². The van der Waals surface area contributed by atoms with Crippen LogP contribution >= 0.6 is 11.6 Å². The Bertz CT molecular complexity index is 1250. The van der Waals surface area contributed by atoms with E-state index in [9.17, 15) is 9.90 Å². The minimum absolute atomic E-state index is 0.0860. The third-order valence-corrected chi connectivity index (χ3v) is 5.23. The summed E-state index contributed by atoms with van der Waals surface area (Å²) >= 11 is 6.46. The van der Waals surface area contributed by atoms with E-state index in [-0.39, 0.29) is 5.56 Å². The van der Waals surface area contributed by atoms with E-state index < -0.39 is 5.97 Å². The highest BCUT2D eigenvalue weighted by molar-refractivity contribution is 6.32. The molecule has 4 aromatic rings. The van der Waals surface area contributed by atoms with Crippen molar-refractivity contribution in [3.63, 3.8) is 0 Å². The Morgan fingerprint density at radius 1 is 1.06 bits per heavy atom. The fourth-order valence-corrected chi connectivity index (χ4v) is 3.67. The van der Waals surface area contributed by atoms with Gasteiger partial charge in [-0.3, -0.25) is 0 Å². The molecule has 0 saturated carbocycles. The summed E-state index contributed by atoms with van der Waals surface area (Å²) in [6, 6.07) is 22.0. The van der Waals surface area contributed by atoms with Gasteiger partial charge in [0.1, 0.15) is 11.6 Å². The molecular weight excluding hydrogens is 414 g/mol. The zero-order valence-corrected chi connectivity index (χ0v) is 17.7. The Kier molecular flexibility index (Phi) is 5.64. The lowest BCUT2D eigenvalue weighted by Gasteiger charge is -2.15. The average molecular weight is 434 g/mol. The number of ether oxygens (including phenoxy) is 1. The maximum Gasteiger partial charge on any atom is 0.337 e. The van der Waals surface area contributed by atoms with Crippen molar-refractivity contribution in [2.75, 3.05) is 12.4 Å². The van der Waals surface area contributed by atoms with Crippen molar-refractivity contribution in [1.82, 2.24) is 9.78 Å². The van der Waals surface area contributed by atoms with Crippen LogP contribution in [0.25, 0.3) is 16.8 Å². The molecule has 1 heterocycles. The number of benzene rings is 3. The maximum atomic E-state index is 11.9. The molecule has 0 radical (unpaired) electrons. The van der Waals surface area contributed by atoms with Crippen molar-refractivity contribution in [3.05, 3.63) is 89.1 Å². The van der Waals surface area contributed by atoms with Gasteiger partial charge in [0.2, 0.25) is 0 Å². The number of carbonyl (C=O) groups is 1. The van der Waals surface area contributed by atoms with E-state index in [1.165, 1.54) is 13.2 Å².